The van der Waals surface area contributed by atoms with Gasteiger partial charge in [-0.2, -0.15) is 5.10 Å². The molecule has 1 heterocycles. The van der Waals surface area contributed by atoms with Gasteiger partial charge in [0.15, 0.2) is 0 Å². The lowest BCUT2D eigenvalue weighted by molar-refractivity contribution is 0.414. The number of nitrogen functional groups attached to an aromatic ring is 1. The van der Waals surface area contributed by atoms with Crippen molar-refractivity contribution in [1.29, 1.82) is 0 Å². The Morgan fingerprint density at radius 3 is 2.65 bits per heavy atom. The molecule has 2 aromatic rings. The van der Waals surface area contributed by atoms with Crippen LogP contribution in [0.25, 0.3) is 0 Å². The number of anilines is 1. The fourth-order valence-electron chi connectivity index (χ4n) is 2.29. The first-order valence-corrected chi connectivity index (χ1v) is 7.56. The van der Waals surface area contributed by atoms with Gasteiger partial charge in [0, 0.05) is 4.47 Å². The first kappa shape index (κ1) is 14.9. The molecule has 0 amide bonds. The highest BCUT2D eigenvalue weighted by Gasteiger charge is 2.14. The third-order valence-corrected chi connectivity index (χ3v) is 4.19. The normalized spacial score (nSPS) is 10.8. The maximum atomic E-state index is 6.15. The van der Waals surface area contributed by atoms with E-state index in [1.54, 1.807) is 7.11 Å². The number of methoxy groups -OCH3 is 1. The molecule has 0 unspecified atom stereocenters. The molecule has 2 N–H and O–H groups in total. The first-order chi connectivity index (χ1) is 9.60. The number of hydrogen-bond acceptors (Lipinski definition) is 3. The number of halogens is 1. The lowest BCUT2D eigenvalue weighted by Gasteiger charge is -2.10. The van der Waals surface area contributed by atoms with Crippen molar-refractivity contribution in [2.24, 2.45) is 0 Å². The zero-order valence-electron chi connectivity index (χ0n) is 12.1. The molecule has 0 atom stereocenters. The summed E-state index contributed by atoms with van der Waals surface area (Å²) >= 11 is 3.58. The van der Waals surface area contributed by atoms with Gasteiger partial charge >= 0.3 is 0 Å². The van der Waals surface area contributed by atoms with Gasteiger partial charge in [-0.1, -0.05) is 29.8 Å². The standard InChI is InChI=1S/C15H20BrN3O/c1-4-13-15(17)14(5-2)19(18-13)9-10-8-11(20-3)6-7-12(10)16/h6-8H,4-5,9,17H2,1-3H3. The minimum atomic E-state index is 0.686. The summed E-state index contributed by atoms with van der Waals surface area (Å²) in [5.74, 6) is 0.845. The van der Waals surface area contributed by atoms with Gasteiger partial charge in [-0.3, -0.25) is 4.68 Å². The molecule has 0 radical (unpaired) electrons. The quantitative estimate of drug-likeness (QED) is 0.909. The number of aromatic nitrogens is 2. The Labute approximate surface area is 128 Å². The van der Waals surface area contributed by atoms with Gasteiger partial charge in [0.05, 0.1) is 30.7 Å². The molecule has 1 aromatic heterocycles. The molecule has 0 fully saturated rings. The number of aryl methyl sites for hydroxylation is 1. The van der Waals surface area contributed by atoms with Crippen molar-refractivity contribution in [1.82, 2.24) is 9.78 Å². The maximum Gasteiger partial charge on any atom is 0.119 e. The van der Waals surface area contributed by atoms with Crippen LogP contribution in [0.1, 0.15) is 30.8 Å². The summed E-state index contributed by atoms with van der Waals surface area (Å²) in [7, 11) is 1.67. The highest BCUT2D eigenvalue weighted by molar-refractivity contribution is 9.10. The average Bonchev–Trinajstić information content (AvgIpc) is 2.76. The second kappa shape index (κ2) is 6.31. The van der Waals surface area contributed by atoms with Gasteiger partial charge < -0.3 is 10.5 Å². The molecule has 108 valence electrons. The van der Waals surface area contributed by atoms with Crippen LogP contribution < -0.4 is 10.5 Å². The highest BCUT2D eigenvalue weighted by atomic mass is 79.9. The van der Waals surface area contributed by atoms with Crippen LogP contribution in [0.2, 0.25) is 0 Å². The van der Waals surface area contributed by atoms with Crippen LogP contribution in [-0.4, -0.2) is 16.9 Å². The van der Waals surface area contributed by atoms with Gasteiger partial charge in [-0.15, -0.1) is 0 Å². The van der Waals surface area contributed by atoms with Gasteiger partial charge in [-0.05, 0) is 36.6 Å². The monoisotopic (exact) mass is 337 g/mol. The first-order valence-electron chi connectivity index (χ1n) is 6.77. The molecular weight excluding hydrogens is 318 g/mol. The van der Waals surface area contributed by atoms with Crippen LogP contribution in [0.15, 0.2) is 22.7 Å². The molecule has 0 saturated carbocycles. The number of nitrogens with two attached hydrogens (primary N) is 1. The van der Waals surface area contributed by atoms with Crippen LogP contribution >= 0.6 is 15.9 Å². The molecule has 0 bridgehead atoms. The molecule has 0 spiro atoms. The second-order valence-corrected chi connectivity index (χ2v) is 5.48. The molecule has 5 heteroatoms. The molecule has 0 saturated heterocycles. The van der Waals surface area contributed by atoms with Crippen LogP contribution in [0.5, 0.6) is 5.75 Å². The van der Waals surface area contributed by atoms with E-state index in [4.69, 9.17) is 10.5 Å². The molecule has 4 nitrogen and oxygen atoms in total. The number of rotatable bonds is 5. The summed E-state index contributed by atoms with van der Waals surface area (Å²) < 4.78 is 8.32. The van der Waals surface area contributed by atoms with E-state index in [1.165, 1.54) is 0 Å². The van der Waals surface area contributed by atoms with Crippen molar-refractivity contribution >= 4 is 21.6 Å². The van der Waals surface area contributed by atoms with Crippen molar-refractivity contribution < 1.29 is 4.74 Å². The number of nitrogens with zero attached hydrogens (tertiary/aromatic N) is 2. The van der Waals surface area contributed by atoms with E-state index < -0.39 is 0 Å². The lowest BCUT2D eigenvalue weighted by atomic mass is 10.2. The molecule has 2 rings (SSSR count). The van der Waals surface area contributed by atoms with E-state index in [0.29, 0.717) is 6.54 Å². The Morgan fingerprint density at radius 2 is 2.05 bits per heavy atom. The fourth-order valence-corrected chi connectivity index (χ4v) is 2.66. The Kier molecular flexibility index (Phi) is 4.70. The van der Waals surface area contributed by atoms with Gasteiger partial charge in [0.1, 0.15) is 5.75 Å². The topological polar surface area (TPSA) is 53.1 Å². The zero-order valence-corrected chi connectivity index (χ0v) is 13.7. The average molecular weight is 338 g/mol. The Hall–Kier alpha value is -1.49. The van der Waals surface area contributed by atoms with Crippen LogP contribution in [0.4, 0.5) is 5.69 Å². The lowest BCUT2D eigenvalue weighted by Crippen LogP contribution is -2.07. The van der Waals surface area contributed by atoms with E-state index in [0.717, 1.165) is 45.7 Å². The molecule has 0 aliphatic heterocycles. The molecule has 0 aliphatic carbocycles. The minimum absolute atomic E-state index is 0.686. The van der Waals surface area contributed by atoms with E-state index in [1.807, 2.05) is 22.9 Å². The highest BCUT2D eigenvalue weighted by Crippen LogP contribution is 2.25. The van der Waals surface area contributed by atoms with Crippen LogP contribution in [0, 0.1) is 0 Å². The van der Waals surface area contributed by atoms with Crippen LogP contribution in [0.3, 0.4) is 0 Å². The third-order valence-electron chi connectivity index (χ3n) is 3.42. The molecule has 20 heavy (non-hydrogen) atoms. The molecule has 1 aromatic carbocycles. The van der Waals surface area contributed by atoms with E-state index in [-0.39, 0.29) is 0 Å². The summed E-state index contributed by atoms with van der Waals surface area (Å²) in [5, 5.41) is 4.62. The smallest absolute Gasteiger partial charge is 0.119 e. The summed E-state index contributed by atoms with van der Waals surface area (Å²) in [6.07, 6.45) is 1.73. The van der Waals surface area contributed by atoms with Crippen molar-refractivity contribution in [3.63, 3.8) is 0 Å². The largest absolute Gasteiger partial charge is 0.497 e. The predicted molar refractivity (Wildman–Crippen MR) is 85.2 cm³/mol. The van der Waals surface area contributed by atoms with E-state index in [9.17, 15) is 0 Å². The van der Waals surface area contributed by atoms with Crippen molar-refractivity contribution in [2.75, 3.05) is 12.8 Å². The van der Waals surface area contributed by atoms with Gasteiger partial charge in [0.2, 0.25) is 0 Å². The molecule has 0 aliphatic rings. The SMILES string of the molecule is CCc1nn(Cc2cc(OC)ccc2Br)c(CC)c1N. The predicted octanol–water partition coefficient (Wildman–Crippen LogP) is 3.41. The summed E-state index contributed by atoms with van der Waals surface area (Å²) in [6, 6.07) is 5.95. The Balaban J connectivity index is 2.39. The van der Waals surface area contributed by atoms with Crippen molar-refractivity contribution in [3.05, 3.63) is 39.6 Å². The fraction of sp³-hybridized carbons (Fsp3) is 0.400. The maximum absolute atomic E-state index is 6.15. The summed E-state index contributed by atoms with van der Waals surface area (Å²) in [5.41, 5.74) is 10.2. The second-order valence-electron chi connectivity index (χ2n) is 4.63. The number of ether oxygens (including phenoxy) is 1. The third kappa shape index (κ3) is 2.82. The van der Waals surface area contributed by atoms with E-state index >= 15 is 0 Å². The van der Waals surface area contributed by atoms with Gasteiger partial charge in [0.25, 0.3) is 0 Å². The van der Waals surface area contributed by atoms with Crippen LogP contribution in [-0.2, 0) is 19.4 Å². The Bertz CT molecular complexity index is 607. The van der Waals surface area contributed by atoms with Crippen molar-refractivity contribution in [3.8, 4) is 5.75 Å². The zero-order chi connectivity index (χ0) is 14.7. The van der Waals surface area contributed by atoms with E-state index in [2.05, 4.69) is 34.9 Å². The number of hydrogen-bond donors (Lipinski definition) is 1. The summed E-state index contributed by atoms with van der Waals surface area (Å²) in [6.45, 7) is 4.86. The molecular formula is C15H20BrN3O. The Morgan fingerprint density at radius 1 is 1.30 bits per heavy atom. The minimum Gasteiger partial charge on any atom is -0.497 e. The summed E-state index contributed by atoms with van der Waals surface area (Å²) in [4.78, 5) is 0. The number of benzene rings is 1. The van der Waals surface area contributed by atoms with Crippen molar-refractivity contribution in [2.45, 2.75) is 33.2 Å². The van der Waals surface area contributed by atoms with Gasteiger partial charge in [-0.25, -0.2) is 0 Å².